The Kier molecular flexibility index (Phi) is 7.20. The maximum Gasteiger partial charge on any atom is 0.231 e. The lowest BCUT2D eigenvalue weighted by Crippen LogP contribution is -2.25. The molecule has 0 aliphatic carbocycles. The van der Waals surface area contributed by atoms with Crippen LogP contribution in [0.2, 0.25) is 0 Å². The molecule has 0 spiro atoms. The number of hydrogen-bond donors (Lipinski definition) is 1. The first-order chi connectivity index (χ1) is 18.3. The fraction of sp³-hybridized carbons (Fsp3) is 0.364. The second-order valence-electron chi connectivity index (χ2n) is 11.2. The SMILES string of the molecule is CCCCN(CCCC)c1ccc(-c2cc3cc(-c4nc5cc(C(C)(C)C)ccc5o4)c(O)cc3o2)cc1. The zero-order chi connectivity index (χ0) is 26.9. The van der Waals surface area contributed by atoms with Crippen molar-refractivity contribution in [2.24, 2.45) is 0 Å². The van der Waals surface area contributed by atoms with E-state index in [9.17, 15) is 5.11 Å². The molecular weight excluding hydrogens is 472 g/mol. The smallest absolute Gasteiger partial charge is 0.231 e. The number of anilines is 1. The summed E-state index contributed by atoms with van der Waals surface area (Å²) in [5.41, 5.74) is 6.13. The molecule has 0 aliphatic rings. The average molecular weight is 511 g/mol. The van der Waals surface area contributed by atoms with Gasteiger partial charge in [0, 0.05) is 35.8 Å². The Morgan fingerprint density at radius 1 is 0.816 bits per heavy atom. The molecule has 0 saturated carbocycles. The number of oxazole rings is 1. The van der Waals surface area contributed by atoms with Gasteiger partial charge in [0.1, 0.15) is 22.6 Å². The van der Waals surface area contributed by atoms with Gasteiger partial charge < -0.3 is 18.8 Å². The van der Waals surface area contributed by atoms with Crippen LogP contribution in [0, 0.1) is 0 Å². The molecule has 3 aromatic carbocycles. The summed E-state index contributed by atoms with van der Waals surface area (Å²) in [4.78, 5) is 7.17. The molecule has 0 unspecified atom stereocenters. The van der Waals surface area contributed by atoms with E-state index in [-0.39, 0.29) is 11.2 Å². The topological polar surface area (TPSA) is 62.6 Å². The fourth-order valence-corrected chi connectivity index (χ4v) is 4.80. The van der Waals surface area contributed by atoms with E-state index in [0.717, 1.165) is 35.3 Å². The summed E-state index contributed by atoms with van der Waals surface area (Å²) in [5, 5.41) is 11.7. The van der Waals surface area contributed by atoms with Crippen LogP contribution in [0.25, 0.3) is 44.8 Å². The average Bonchev–Trinajstić information content (AvgIpc) is 3.51. The van der Waals surface area contributed by atoms with Gasteiger partial charge in [0.05, 0.1) is 5.56 Å². The standard InChI is InChI=1S/C33H38N2O3/c1-6-8-16-35(17-9-7-2)25-13-10-22(11-14-25)30-19-23-18-26(28(36)21-31(23)37-30)32-34-27-20-24(33(3,4)5)12-15-29(27)38-32/h10-15,18-21,36H,6-9,16-17H2,1-5H3. The van der Waals surface area contributed by atoms with Crippen LogP contribution in [-0.4, -0.2) is 23.2 Å². The third-order valence-corrected chi connectivity index (χ3v) is 7.20. The van der Waals surface area contributed by atoms with Crippen LogP contribution in [0.15, 0.2) is 69.5 Å². The van der Waals surface area contributed by atoms with Gasteiger partial charge >= 0.3 is 0 Å². The molecule has 2 aromatic heterocycles. The fourth-order valence-electron chi connectivity index (χ4n) is 4.80. The molecule has 0 bridgehead atoms. The second-order valence-corrected chi connectivity index (χ2v) is 11.2. The summed E-state index contributed by atoms with van der Waals surface area (Å²) in [6.45, 7) is 13.2. The summed E-state index contributed by atoms with van der Waals surface area (Å²) >= 11 is 0. The first kappa shape index (κ1) is 25.9. The molecule has 0 radical (unpaired) electrons. The van der Waals surface area contributed by atoms with Gasteiger partial charge in [-0.2, -0.15) is 0 Å². The molecule has 5 aromatic rings. The molecule has 0 amide bonds. The number of aromatic nitrogens is 1. The Hall–Kier alpha value is -3.73. The van der Waals surface area contributed by atoms with Crippen LogP contribution < -0.4 is 4.90 Å². The maximum atomic E-state index is 10.8. The maximum absolute atomic E-state index is 10.8. The van der Waals surface area contributed by atoms with Crippen molar-refractivity contribution in [1.29, 1.82) is 0 Å². The Morgan fingerprint density at radius 2 is 1.53 bits per heavy atom. The Bertz CT molecular complexity index is 1530. The molecule has 0 atom stereocenters. The number of hydrogen-bond acceptors (Lipinski definition) is 5. The first-order valence-electron chi connectivity index (χ1n) is 13.8. The first-order valence-corrected chi connectivity index (χ1v) is 13.8. The molecule has 38 heavy (non-hydrogen) atoms. The molecule has 2 heterocycles. The number of rotatable bonds is 9. The van der Waals surface area contributed by atoms with Crippen molar-refractivity contribution in [1.82, 2.24) is 4.98 Å². The van der Waals surface area contributed by atoms with Crippen LogP contribution in [0.5, 0.6) is 5.75 Å². The number of aromatic hydroxyl groups is 1. The predicted molar refractivity (Wildman–Crippen MR) is 157 cm³/mol. The van der Waals surface area contributed by atoms with Gasteiger partial charge in [-0.25, -0.2) is 4.98 Å². The van der Waals surface area contributed by atoms with E-state index in [1.165, 1.54) is 36.9 Å². The molecule has 0 aliphatic heterocycles. The Balaban J connectivity index is 1.44. The minimum Gasteiger partial charge on any atom is -0.507 e. The van der Waals surface area contributed by atoms with E-state index in [4.69, 9.17) is 13.8 Å². The van der Waals surface area contributed by atoms with Crippen molar-refractivity contribution >= 4 is 27.8 Å². The molecular formula is C33H38N2O3. The van der Waals surface area contributed by atoms with Crippen molar-refractivity contribution in [2.75, 3.05) is 18.0 Å². The Labute approximate surface area is 225 Å². The zero-order valence-electron chi connectivity index (χ0n) is 23.2. The minimum atomic E-state index is 0.0169. The van der Waals surface area contributed by atoms with Crippen molar-refractivity contribution in [2.45, 2.75) is 65.7 Å². The van der Waals surface area contributed by atoms with Gasteiger partial charge in [-0.1, -0.05) is 53.5 Å². The van der Waals surface area contributed by atoms with Gasteiger partial charge in [0.25, 0.3) is 0 Å². The van der Waals surface area contributed by atoms with Gasteiger partial charge in [0.2, 0.25) is 5.89 Å². The highest BCUT2D eigenvalue weighted by atomic mass is 16.4. The van der Waals surface area contributed by atoms with Crippen LogP contribution in [-0.2, 0) is 5.41 Å². The van der Waals surface area contributed by atoms with E-state index in [1.54, 1.807) is 6.07 Å². The molecule has 0 fully saturated rings. The number of nitrogens with zero attached hydrogens (tertiary/aromatic N) is 2. The van der Waals surface area contributed by atoms with E-state index in [1.807, 2.05) is 18.2 Å². The quantitative estimate of drug-likeness (QED) is 0.214. The minimum absolute atomic E-state index is 0.0169. The van der Waals surface area contributed by atoms with E-state index in [0.29, 0.717) is 22.6 Å². The number of benzene rings is 3. The van der Waals surface area contributed by atoms with Crippen molar-refractivity contribution in [3.63, 3.8) is 0 Å². The highest BCUT2D eigenvalue weighted by Gasteiger charge is 2.19. The molecule has 5 heteroatoms. The number of furan rings is 1. The highest BCUT2D eigenvalue weighted by molar-refractivity contribution is 5.90. The largest absolute Gasteiger partial charge is 0.507 e. The van der Waals surface area contributed by atoms with Gasteiger partial charge in [-0.15, -0.1) is 0 Å². The van der Waals surface area contributed by atoms with Crippen molar-refractivity contribution < 1.29 is 13.9 Å². The number of phenolic OH excluding ortho intramolecular Hbond substituents is 1. The van der Waals surface area contributed by atoms with Crippen LogP contribution in [0.1, 0.15) is 65.9 Å². The number of phenols is 1. The number of fused-ring (bicyclic) bond motifs is 2. The van der Waals surface area contributed by atoms with Gasteiger partial charge in [0.15, 0.2) is 5.58 Å². The summed E-state index contributed by atoms with van der Waals surface area (Å²) < 4.78 is 12.2. The summed E-state index contributed by atoms with van der Waals surface area (Å²) in [6.07, 6.45) is 4.77. The zero-order valence-corrected chi connectivity index (χ0v) is 23.2. The van der Waals surface area contributed by atoms with Crippen molar-refractivity contribution in [3.05, 3.63) is 66.2 Å². The van der Waals surface area contributed by atoms with Crippen molar-refractivity contribution in [3.8, 4) is 28.5 Å². The van der Waals surface area contributed by atoms with E-state index in [2.05, 4.69) is 75.9 Å². The van der Waals surface area contributed by atoms with Crippen LogP contribution in [0.3, 0.4) is 0 Å². The van der Waals surface area contributed by atoms with Gasteiger partial charge in [-0.05, 0) is 72.4 Å². The Morgan fingerprint density at radius 3 is 2.18 bits per heavy atom. The normalized spacial score (nSPS) is 12.0. The van der Waals surface area contributed by atoms with E-state index >= 15 is 0 Å². The lowest BCUT2D eigenvalue weighted by Gasteiger charge is -2.24. The van der Waals surface area contributed by atoms with Crippen LogP contribution in [0.4, 0.5) is 5.69 Å². The molecule has 0 saturated heterocycles. The predicted octanol–water partition coefficient (Wildman–Crippen LogP) is 9.32. The second kappa shape index (κ2) is 10.6. The lowest BCUT2D eigenvalue weighted by molar-refractivity contribution is 0.473. The molecule has 198 valence electrons. The summed E-state index contributed by atoms with van der Waals surface area (Å²) in [6, 6.07) is 20.2. The molecule has 5 rings (SSSR count). The van der Waals surface area contributed by atoms with E-state index < -0.39 is 0 Å². The third kappa shape index (κ3) is 5.28. The number of unbranched alkanes of at least 4 members (excludes halogenated alkanes) is 2. The van der Waals surface area contributed by atoms with Gasteiger partial charge in [-0.3, -0.25) is 0 Å². The monoisotopic (exact) mass is 510 g/mol. The lowest BCUT2D eigenvalue weighted by atomic mass is 9.87. The molecule has 1 N–H and O–H groups in total. The van der Waals surface area contributed by atoms with Crippen LogP contribution >= 0.6 is 0 Å². The summed E-state index contributed by atoms with van der Waals surface area (Å²) in [5.74, 6) is 1.25. The molecule has 5 nitrogen and oxygen atoms in total. The highest BCUT2D eigenvalue weighted by Crippen LogP contribution is 2.38. The summed E-state index contributed by atoms with van der Waals surface area (Å²) in [7, 11) is 0. The third-order valence-electron chi connectivity index (χ3n) is 7.20.